The lowest BCUT2D eigenvalue weighted by Gasteiger charge is -2.30. The van der Waals surface area contributed by atoms with Crippen molar-refractivity contribution in [3.05, 3.63) is 35.9 Å². The van der Waals surface area contributed by atoms with E-state index in [2.05, 4.69) is 0 Å². The smallest absolute Gasteiger partial charge is 0.323 e. The summed E-state index contributed by atoms with van der Waals surface area (Å²) in [5, 5.41) is 9.36. The SMILES string of the molecule is O=C(O)C1(C(=O)OCc2ccccc2)CCCCC1. The fraction of sp³-hybridized carbons (Fsp3) is 0.467. The number of hydrogen-bond acceptors (Lipinski definition) is 3. The number of ether oxygens (including phenoxy) is 1. The summed E-state index contributed by atoms with van der Waals surface area (Å²) in [6.07, 6.45) is 3.30. The molecule has 1 aromatic carbocycles. The summed E-state index contributed by atoms with van der Waals surface area (Å²) in [6.45, 7) is 0.134. The predicted octanol–water partition coefficient (Wildman–Crippen LogP) is 2.76. The van der Waals surface area contributed by atoms with Gasteiger partial charge in [-0.3, -0.25) is 9.59 Å². The molecule has 0 bridgehead atoms. The van der Waals surface area contributed by atoms with E-state index in [1.54, 1.807) is 0 Å². The molecule has 1 aromatic rings. The highest BCUT2D eigenvalue weighted by Crippen LogP contribution is 2.38. The first-order valence-electron chi connectivity index (χ1n) is 6.60. The van der Waals surface area contributed by atoms with Crippen LogP contribution in [0.1, 0.15) is 37.7 Å². The molecule has 0 spiro atoms. The van der Waals surface area contributed by atoms with Gasteiger partial charge in [-0.05, 0) is 18.4 Å². The lowest BCUT2D eigenvalue weighted by atomic mass is 9.74. The largest absolute Gasteiger partial charge is 0.480 e. The second kappa shape index (κ2) is 5.87. The first-order chi connectivity index (χ1) is 9.15. The van der Waals surface area contributed by atoms with Crippen molar-refractivity contribution < 1.29 is 19.4 Å². The standard InChI is InChI=1S/C15H18O4/c16-13(17)15(9-5-2-6-10-15)14(18)19-11-12-7-3-1-4-8-12/h1,3-4,7-8H,2,5-6,9-11H2,(H,16,17). The Labute approximate surface area is 112 Å². The van der Waals surface area contributed by atoms with Crippen molar-refractivity contribution in [2.75, 3.05) is 0 Å². The lowest BCUT2D eigenvalue weighted by molar-refractivity contribution is -0.172. The average molecular weight is 262 g/mol. The molecule has 1 aliphatic carbocycles. The molecule has 1 aliphatic rings. The van der Waals surface area contributed by atoms with Crippen molar-refractivity contribution >= 4 is 11.9 Å². The molecule has 2 rings (SSSR count). The molecule has 4 heteroatoms. The first-order valence-corrected chi connectivity index (χ1v) is 6.60. The van der Waals surface area contributed by atoms with Crippen molar-refractivity contribution in [1.82, 2.24) is 0 Å². The van der Waals surface area contributed by atoms with Gasteiger partial charge in [-0.25, -0.2) is 0 Å². The Morgan fingerprint density at radius 3 is 2.32 bits per heavy atom. The molecule has 102 valence electrons. The summed E-state index contributed by atoms with van der Waals surface area (Å²) in [5.41, 5.74) is -0.459. The van der Waals surface area contributed by atoms with Crippen molar-refractivity contribution in [3.63, 3.8) is 0 Å². The van der Waals surface area contributed by atoms with E-state index >= 15 is 0 Å². The van der Waals surface area contributed by atoms with Crippen molar-refractivity contribution in [2.24, 2.45) is 5.41 Å². The second-order valence-electron chi connectivity index (χ2n) is 5.01. The summed E-state index contributed by atoms with van der Waals surface area (Å²) in [5.74, 6) is -1.64. The minimum Gasteiger partial charge on any atom is -0.480 e. The quantitative estimate of drug-likeness (QED) is 0.669. The minimum atomic E-state index is -1.33. The molecule has 1 N–H and O–H groups in total. The van der Waals surface area contributed by atoms with Crippen LogP contribution < -0.4 is 0 Å². The molecule has 0 atom stereocenters. The Balaban J connectivity index is 2.02. The van der Waals surface area contributed by atoms with Gasteiger partial charge in [-0.15, -0.1) is 0 Å². The summed E-state index contributed by atoms with van der Waals surface area (Å²) < 4.78 is 5.21. The van der Waals surface area contributed by atoms with Crippen LogP contribution in [0.5, 0.6) is 0 Å². The van der Waals surface area contributed by atoms with Crippen LogP contribution in [-0.4, -0.2) is 17.0 Å². The number of carbonyl (C=O) groups is 2. The van der Waals surface area contributed by atoms with Gasteiger partial charge in [-0.1, -0.05) is 49.6 Å². The third-order valence-corrected chi connectivity index (χ3v) is 3.72. The topological polar surface area (TPSA) is 63.6 Å². The monoisotopic (exact) mass is 262 g/mol. The van der Waals surface area contributed by atoms with Crippen LogP contribution in [0, 0.1) is 5.41 Å². The van der Waals surface area contributed by atoms with Crippen LogP contribution >= 0.6 is 0 Å². The zero-order valence-corrected chi connectivity index (χ0v) is 10.8. The van der Waals surface area contributed by atoms with Crippen LogP contribution in [0.2, 0.25) is 0 Å². The van der Waals surface area contributed by atoms with Gasteiger partial charge in [0.1, 0.15) is 6.61 Å². The molecule has 0 aromatic heterocycles. The van der Waals surface area contributed by atoms with E-state index in [1.807, 2.05) is 30.3 Å². The van der Waals surface area contributed by atoms with Crippen LogP contribution in [0.3, 0.4) is 0 Å². The van der Waals surface area contributed by atoms with Crippen LogP contribution in [-0.2, 0) is 20.9 Å². The van der Waals surface area contributed by atoms with Gasteiger partial charge in [-0.2, -0.15) is 0 Å². The highest BCUT2D eigenvalue weighted by atomic mass is 16.5. The molecule has 0 unspecified atom stereocenters. The highest BCUT2D eigenvalue weighted by molar-refractivity contribution is 5.99. The van der Waals surface area contributed by atoms with Gasteiger partial charge in [0.2, 0.25) is 0 Å². The van der Waals surface area contributed by atoms with E-state index in [0.717, 1.165) is 24.8 Å². The van der Waals surface area contributed by atoms with Crippen molar-refractivity contribution in [3.8, 4) is 0 Å². The Hall–Kier alpha value is -1.84. The number of carbonyl (C=O) groups excluding carboxylic acids is 1. The lowest BCUT2D eigenvalue weighted by Crippen LogP contribution is -2.42. The van der Waals surface area contributed by atoms with E-state index in [1.165, 1.54) is 0 Å². The molecule has 4 nitrogen and oxygen atoms in total. The van der Waals surface area contributed by atoms with Crippen LogP contribution in [0.4, 0.5) is 0 Å². The average Bonchev–Trinajstić information content (AvgIpc) is 2.46. The van der Waals surface area contributed by atoms with Gasteiger partial charge in [0, 0.05) is 0 Å². The molecular weight excluding hydrogens is 244 g/mol. The summed E-state index contributed by atoms with van der Waals surface area (Å²) in [7, 11) is 0. The fourth-order valence-electron chi connectivity index (χ4n) is 2.52. The van der Waals surface area contributed by atoms with Gasteiger partial charge >= 0.3 is 11.9 Å². The van der Waals surface area contributed by atoms with E-state index in [4.69, 9.17) is 4.74 Å². The normalized spacial score (nSPS) is 17.7. The third-order valence-electron chi connectivity index (χ3n) is 3.72. The molecule has 0 heterocycles. The zero-order valence-electron chi connectivity index (χ0n) is 10.8. The molecule has 1 saturated carbocycles. The van der Waals surface area contributed by atoms with Crippen molar-refractivity contribution in [1.29, 1.82) is 0 Å². The number of rotatable bonds is 4. The van der Waals surface area contributed by atoms with Crippen molar-refractivity contribution in [2.45, 2.75) is 38.7 Å². The number of aliphatic carboxylic acids is 1. The Bertz CT molecular complexity index is 446. The summed E-state index contributed by atoms with van der Waals surface area (Å²) in [4.78, 5) is 23.6. The zero-order chi connectivity index (χ0) is 13.7. The van der Waals surface area contributed by atoms with E-state index in [-0.39, 0.29) is 6.61 Å². The van der Waals surface area contributed by atoms with Gasteiger partial charge in [0.25, 0.3) is 0 Å². The molecule has 0 radical (unpaired) electrons. The molecule has 19 heavy (non-hydrogen) atoms. The fourth-order valence-corrected chi connectivity index (χ4v) is 2.52. The van der Waals surface area contributed by atoms with E-state index in [9.17, 15) is 14.7 Å². The Kier molecular flexibility index (Phi) is 4.20. The minimum absolute atomic E-state index is 0.134. The molecule has 0 aliphatic heterocycles. The molecular formula is C15H18O4. The highest BCUT2D eigenvalue weighted by Gasteiger charge is 2.48. The number of carboxylic acid groups (broad SMARTS) is 1. The number of carboxylic acids is 1. The third kappa shape index (κ3) is 2.95. The van der Waals surface area contributed by atoms with Gasteiger partial charge < -0.3 is 9.84 Å². The van der Waals surface area contributed by atoms with Crippen LogP contribution in [0.15, 0.2) is 30.3 Å². The van der Waals surface area contributed by atoms with Crippen LogP contribution in [0.25, 0.3) is 0 Å². The van der Waals surface area contributed by atoms with E-state index < -0.39 is 17.4 Å². The number of hydrogen-bond donors (Lipinski definition) is 1. The number of benzene rings is 1. The second-order valence-corrected chi connectivity index (χ2v) is 5.01. The number of esters is 1. The summed E-state index contributed by atoms with van der Waals surface area (Å²) in [6, 6.07) is 9.29. The molecule has 0 amide bonds. The maximum Gasteiger partial charge on any atom is 0.323 e. The van der Waals surface area contributed by atoms with Gasteiger partial charge in [0.15, 0.2) is 5.41 Å². The molecule has 0 saturated heterocycles. The Morgan fingerprint density at radius 2 is 1.74 bits per heavy atom. The predicted molar refractivity (Wildman–Crippen MR) is 69.4 cm³/mol. The maximum atomic E-state index is 12.1. The van der Waals surface area contributed by atoms with Gasteiger partial charge in [0.05, 0.1) is 0 Å². The van der Waals surface area contributed by atoms with E-state index in [0.29, 0.717) is 12.8 Å². The maximum absolute atomic E-state index is 12.1. The first kappa shape index (κ1) is 13.6. The molecule has 1 fully saturated rings. The summed E-state index contributed by atoms with van der Waals surface area (Å²) >= 11 is 0. The Morgan fingerprint density at radius 1 is 1.11 bits per heavy atom.